The minimum absolute atomic E-state index is 0.0707. The molecule has 3 rings (SSSR count). The van der Waals surface area contributed by atoms with Crippen molar-refractivity contribution in [3.8, 4) is 0 Å². The SMILES string of the molecule is COC(=O)c1coc(C(=O)NCC(C)c2nc3ccccc3s2)c1. The highest BCUT2D eigenvalue weighted by molar-refractivity contribution is 7.18. The van der Waals surface area contributed by atoms with E-state index in [2.05, 4.69) is 15.0 Å². The van der Waals surface area contributed by atoms with Gasteiger partial charge in [-0.3, -0.25) is 4.79 Å². The standard InChI is InChI=1S/C17H16N2O4S/c1-10(16-19-12-5-3-4-6-14(12)24-16)8-18-15(20)13-7-11(9-23-13)17(21)22-2/h3-7,9-10H,8H2,1-2H3,(H,18,20). The van der Waals surface area contributed by atoms with Gasteiger partial charge < -0.3 is 14.5 Å². The van der Waals surface area contributed by atoms with E-state index >= 15 is 0 Å². The van der Waals surface area contributed by atoms with E-state index in [0.717, 1.165) is 15.2 Å². The van der Waals surface area contributed by atoms with E-state index in [0.29, 0.717) is 6.54 Å². The monoisotopic (exact) mass is 344 g/mol. The summed E-state index contributed by atoms with van der Waals surface area (Å²) in [5.41, 5.74) is 1.17. The molecule has 1 aromatic carbocycles. The van der Waals surface area contributed by atoms with Gasteiger partial charge in [0.25, 0.3) is 5.91 Å². The number of aromatic nitrogens is 1. The molecule has 2 heterocycles. The lowest BCUT2D eigenvalue weighted by Gasteiger charge is -2.08. The van der Waals surface area contributed by atoms with Crippen molar-refractivity contribution in [2.45, 2.75) is 12.8 Å². The molecule has 0 radical (unpaired) electrons. The van der Waals surface area contributed by atoms with Gasteiger partial charge in [0.1, 0.15) is 6.26 Å². The molecule has 1 amide bonds. The van der Waals surface area contributed by atoms with Gasteiger partial charge in [-0.1, -0.05) is 19.1 Å². The number of esters is 1. The van der Waals surface area contributed by atoms with E-state index in [1.54, 1.807) is 11.3 Å². The van der Waals surface area contributed by atoms with Gasteiger partial charge in [0.2, 0.25) is 0 Å². The Kier molecular flexibility index (Phi) is 4.61. The van der Waals surface area contributed by atoms with Crippen molar-refractivity contribution in [1.29, 1.82) is 0 Å². The third-order valence-corrected chi connectivity index (χ3v) is 4.81. The number of methoxy groups -OCH3 is 1. The van der Waals surface area contributed by atoms with Crippen molar-refractivity contribution in [2.24, 2.45) is 0 Å². The van der Waals surface area contributed by atoms with Gasteiger partial charge in [0.05, 0.1) is 27.9 Å². The van der Waals surface area contributed by atoms with Crippen LogP contribution in [-0.4, -0.2) is 30.5 Å². The largest absolute Gasteiger partial charge is 0.465 e. The third-order valence-electron chi connectivity index (χ3n) is 3.55. The van der Waals surface area contributed by atoms with E-state index in [9.17, 15) is 9.59 Å². The maximum absolute atomic E-state index is 12.1. The van der Waals surface area contributed by atoms with Crippen LogP contribution in [0, 0.1) is 0 Å². The average Bonchev–Trinajstić information content (AvgIpc) is 3.25. The first-order chi connectivity index (χ1) is 11.6. The topological polar surface area (TPSA) is 81.4 Å². The summed E-state index contributed by atoms with van der Waals surface area (Å²) in [4.78, 5) is 28.1. The number of amides is 1. The molecule has 0 bridgehead atoms. The zero-order valence-electron chi connectivity index (χ0n) is 13.2. The van der Waals surface area contributed by atoms with Crippen LogP contribution in [0.5, 0.6) is 0 Å². The highest BCUT2D eigenvalue weighted by atomic mass is 32.1. The number of ether oxygens (including phenoxy) is 1. The van der Waals surface area contributed by atoms with Crippen LogP contribution in [0.25, 0.3) is 10.2 Å². The predicted molar refractivity (Wildman–Crippen MR) is 90.4 cm³/mol. The number of hydrogen-bond donors (Lipinski definition) is 1. The van der Waals surface area contributed by atoms with E-state index in [-0.39, 0.29) is 23.1 Å². The van der Waals surface area contributed by atoms with Crippen LogP contribution >= 0.6 is 11.3 Å². The van der Waals surface area contributed by atoms with E-state index < -0.39 is 5.97 Å². The molecule has 124 valence electrons. The zero-order chi connectivity index (χ0) is 17.1. The fraction of sp³-hybridized carbons (Fsp3) is 0.235. The number of carbonyl (C=O) groups excluding carboxylic acids is 2. The van der Waals surface area contributed by atoms with Crippen LogP contribution in [0.15, 0.2) is 41.0 Å². The van der Waals surface area contributed by atoms with Crippen LogP contribution in [-0.2, 0) is 4.74 Å². The van der Waals surface area contributed by atoms with Crippen molar-refractivity contribution in [1.82, 2.24) is 10.3 Å². The van der Waals surface area contributed by atoms with Gasteiger partial charge in [0.15, 0.2) is 5.76 Å². The molecule has 0 aliphatic rings. The molecule has 1 N–H and O–H groups in total. The van der Waals surface area contributed by atoms with Crippen LogP contribution in [0.3, 0.4) is 0 Å². The number of para-hydroxylation sites is 1. The molecular formula is C17H16N2O4S. The summed E-state index contributed by atoms with van der Waals surface area (Å²) in [7, 11) is 1.27. The predicted octanol–water partition coefficient (Wildman–Crippen LogP) is 3.21. The number of rotatable bonds is 5. The van der Waals surface area contributed by atoms with Crippen LogP contribution in [0.1, 0.15) is 38.8 Å². The first-order valence-corrected chi connectivity index (χ1v) is 8.20. The minimum Gasteiger partial charge on any atom is -0.465 e. The van der Waals surface area contributed by atoms with Crippen LogP contribution in [0.4, 0.5) is 0 Å². The summed E-state index contributed by atoms with van der Waals surface area (Å²) in [6, 6.07) is 9.29. The number of thiazole rings is 1. The Morgan fingerprint density at radius 3 is 2.92 bits per heavy atom. The molecule has 1 atom stereocenters. The number of nitrogens with one attached hydrogen (secondary N) is 1. The molecule has 0 aliphatic carbocycles. The molecule has 0 fully saturated rings. The molecule has 0 saturated heterocycles. The van der Waals surface area contributed by atoms with Crippen LogP contribution in [0.2, 0.25) is 0 Å². The molecule has 24 heavy (non-hydrogen) atoms. The number of furan rings is 1. The molecule has 0 spiro atoms. The van der Waals surface area contributed by atoms with E-state index in [1.165, 1.54) is 19.4 Å². The Bertz CT molecular complexity index is 850. The average molecular weight is 344 g/mol. The number of benzene rings is 1. The number of hydrogen-bond acceptors (Lipinski definition) is 6. The maximum atomic E-state index is 12.1. The molecule has 3 aromatic rings. The molecule has 6 nitrogen and oxygen atoms in total. The Balaban J connectivity index is 1.63. The molecule has 7 heteroatoms. The maximum Gasteiger partial charge on any atom is 0.341 e. The first-order valence-electron chi connectivity index (χ1n) is 7.39. The van der Waals surface area contributed by atoms with Gasteiger partial charge in [-0.15, -0.1) is 11.3 Å². The molecule has 1 unspecified atom stereocenters. The Labute approximate surface area is 142 Å². The number of carbonyl (C=O) groups is 2. The summed E-state index contributed by atoms with van der Waals surface area (Å²) < 4.78 is 10.8. The summed E-state index contributed by atoms with van der Waals surface area (Å²) >= 11 is 1.62. The summed E-state index contributed by atoms with van der Waals surface area (Å²) in [5, 5.41) is 3.76. The quantitative estimate of drug-likeness (QED) is 0.719. The normalized spacial score (nSPS) is 12.1. The fourth-order valence-corrected chi connectivity index (χ4v) is 3.22. The Morgan fingerprint density at radius 1 is 1.38 bits per heavy atom. The molecular weight excluding hydrogens is 328 g/mol. The lowest BCUT2D eigenvalue weighted by molar-refractivity contribution is 0.0599. The van der Waals surface area contributed by atoms with Crippen molar-refractivity contribution in [3.63, 3.8) is 0 Å². The van der Waals surface area contributed by atoms with Crippen molar-refractivity contribution >= 4 is 33.4 Å². The second-order valence-electron chi connectivity index (χ2n) is 5.32. The number of fused-ring (bicyclic) bond motifs is 1. The first kappa shape index (κ1) is 16.2. The highest BCUT2D eigenvalue weighted by Gasteiger charge is 2.17. The molecule has 2 aromatic heterocycles. The van der Waals surface area contributed by atoms with Gasteiger partial charge in [-0.25, -0.2) is 9.78 Å². The lowest BCUT2D eigenvalue weighted by atomic mass is 10.2. The van der Waals surface area contributed by atoms with E-state index in [4.69, 9.17) is 4.42 Å². The minimum atomic E-state index is -0.541. The summed E-state index contributed by atoms with van der Waals surface area (Å²) in [6.45, 7) is 2.42. The Morgan fingerprint density at radius 2 is 2.17 bits per heavy atom. The number of nitrogens with zero attached hydrogens (tertiary/aromatic N) is 1. The van der Waals surface area contributed by atoms with Crippen molar-refractivity contribution < 1.29 is 18.7 Å². The van der Waals surface area contributed by atoms with Crippen molar-refractivity contribution in [3.05, 3.63) is 52.9 Å². The summed E-state index contributed by atoms with van der Waals surface area (Å²) in [5.74, 6) is -0.771. The fourth-order valence-electron chi connectivity index (χ4n) is 2.20. The van der Waals surface area contributed by atoms with E-state index in [1.807, 2.05) is 31.2 Å². The smallest absolute Gasteiger partial charge is 0.341 e. The molecule has 0 saturated carbocycles. The second-order valence-corrected chi connectivity index (χ2v) is 6.38. The van der Waals surface area contributed by atoms with Crippen LogP contribution < -0.4 is 5.32 Å². The third kappa shape index (κ3) is 3.30. The zero-order valence-corrected chi connectivity index (χ0v) is 14.1. The lowest BCUT2D eigenvalue weighted by Crippen LogP contribution is -2.27. The summed E-state index contributed by atoms with van der Waals surface area (Å²) in [6.07, 6.45) is 1.21. The van der Waals surface area contributed by atoms with Crippen molar-refractivity contribution in [2.75, 3.05) is 13.7 Å². The molecule has 0 aliphatic heterocycles. The Hall–Kier alpha value is -2.67. The van der Waals surface area contributed by atoms with Gasteiger partial charge in [-0.2, -0.15) is 0 Å². The van der Waals surface area contributed by atoms with Gasteiger partial charge in [0, 0.05) is 18.5 Å². The second kappa shape index (κ2) is 6.84. The van der Waals surface area contributed by atoms with Gasteiger partial charge >= 0.3 is 5.97 Å². The highest BCUT2D eigenvalue weighted by Crippen LogP contribution is 2.26. The van der Waals surface area contributed by atoms with Gasteiger partial charge in [-0.05, 0) is 12.1 Å².